The molecule has 0 aliphatic rings. The zero-order chi connectivity index (χ0) is 13.4. The van der Waals surface area contributed by atoms with E-state index in [9.17, 15) is 0 Å². The molecule has 0 aliphatic heterocycles. The fourth-order valence-corrected chi connectivity index (χ4v) is 3.14. The van der Waals surface area contributed by atoms with Crippen LogP contribution in [0.2, 0.25) is 5.02 Å². The monoisotopic (exact) mass is 376 g/mol. The molecule has 0 fully saturated rings. The SMILES string of the molecule is ClCc1c(Oc2cc(Br)ccc2Cl)nc2sccn12. The van der Waals surface area contributed by atoms with Crippen LogP contribution in [0.15, 0.2) is 34.2 Å². The molecule has 3 aromatic rings. The van der Waals surface area contributed by atoms with E-state index in [-0.39, 0.29) is 0 Å². The van der Waals surface area contributed by atoms with Crippen molar-refractivity contribution in [2.45, 2.75) is 5.88 Å². The Kier molecular flexibility index (Phi) is 3.71. The summed E-state index contributed by atoms with van der Waals surface area (Å²) >= 11 is 17.0. The Bertz CT molecular complexity index is 740. The molecule has 0 spiro atoms. The highest BCUT2D eigenvalue weighted by molar-refractivity contribution is 9.10. The van der Waals surface area contributed by atoms with Crippen LogP contribution in [0, 0.1) is 0 Å². The molecule has 2 heterocycles. The van der Waals surface area contributed by atoms with Gasteiger partial charge in [-0.15, -0.1) is 22.9 Å². The van der Waals surface area contributed by atoms with Crippen LogP contribution in [0.25, 0.3) is 4.96 Å². The summed E-state index contributed by atoms with van der Waals surface area (Å²) in [5.74, 6) is 1.36. The molecule has 3 rings (SSSR count). The van der Waals surface area contributed by atoms with Crippen LogP contribution in [0.1, 0.15) is 5.69 Å². The van der Waals surface area contributed by atoms with Crippen molar-refractivity contribution in [2.24, 2.45) is 0 Å². The number of ether oxygens (including phenoxy) is 1. The van der Waals surface area contributed by atoms with Crippen molar-refractivity contribution in [1.82, 2.24) is 9.38 Å². The molecule has 19 heavy (non-hydrogen) atoms. The van der Waals surface area contributed by atoms with E-state index in [4.69, 9.17) is 27.9 Å². The average Bonchev–Trinajstić information content (AvgIpc) is 2.94. The first-order valence-corrected chi connectivity index (χ1v) is 7.91. The van der Waals surface area contributed by atoms with Gasteiger partial charge in [0, 0.05) is 16.0 Å². The van der Waals surface area contributed by atoms with Crippen LogP contribution in [0.3, 0.4) is 0 Å². The zero-order valence-electron chi connectivity index (χ0n) is 9.44. The Morgan fingerprint density at radius 3 is 3.05 bits per heavy atom. The molecule has 2 aromatic heterocycles. The van der Waals surface area contributed by atoms with E-state index >= 15 is 0 Å². The third-order valence-electron chi connectivity index (χ3n) is 2.55. The number of benzene rings is 1. The zero-order valence-corrected chi connectivity index (χ0v) is 13.4. The summed E-state index contributed by atoms with van der Waals surface area (Å²) in [6, 6.07) is 5.41. The minimum atomic E-state index is 0.318. The van der Waals surface area contributed by atoms with Gasteiger partial charge in [-0.2, -0.15) is 4.98 Å². The van der Waals surface area contributed by atoms with E-state index in [1.807, 2.05) is 22.0 Å². The number of aromatic nitrogens is 2. The molecule has 98 valence electrons. The Hall–Kier alpha value is -0.750. The number of fused-ring (bicyclic) bond motifs is 1. The molecule has 3 nitrogen and oxygen atoms in total. The van der Waals surface area contributed by atoms with Gasteiger partial charge < -0.3 is 4.74 Å². The predicted octanol–water partition coefficient (Wildman–Crippen LogP) is 5.34. The molecular formula is C12H7BrCl2N2OS. The van der Waals surface area contributed by atoms with Crippen LogP contribution in [0.4, 0.5) is 0 Å². The van der Waals surface area contributed by atoms with Gasteiger partial charge in [0.1, 0.15) is 11.4 Å². The van der Waals surface area contributed by atoms with E-state index < -0.39 is 0 Å². The first-order chi connectivity index (χ1) is 9.19. The molecule has 0 atom stereocenters. The number of imidazole rings is 1. The third kappa shape index (κ3) is 2.48. The summed E-state index contributed by atoms with van der Waals surface area (Å²) in [5, 5.41) is 2.48. The summed E-state index contributed by atoms with van der Waals surface area (Å²) in [5.41, 5.74) is 0.814. The highest BCUT2D eigenvalue weighted by Gasteiger charge is 2.15. The van der Waals surface area contributed by atoms with Gasteiger partial charge in [0.15, 0.2) is 4.96 Å². The summed E-state index contributed by atoms with van der Waals surface area (Å²) in [6.45, 7) is 0. The highest BCUT2D eigenvalue weighted by atomic mass is 79.9. The van der Waals surface area contributed by atoms with Gasteiger partial charge in [-0.25, -0.2) is 0 Å². The first-order valence-electron chi connectivity index (χ1n) is 5.32. The lowest BCUT2D eigenvalue weighted by molar-refractivity contribution is 0.461. The van der Waals surface area contributed by atoms with Crippen molar-refractivity contribution >= 4 is 55.4 Å². The van der Waals surface area contributed by atoms with Crippen LogP contribution < -0.4 is 4.74 Å². The van der Waals surface area contributed by atoms with Crippen LogP contribution in [-0.2, 0) is 5.88 Å². The van der Waals surface area contributed by atoms with E-state index in [2.05, 4.69) is 20.9 Å². The Morgan fingerprint density at radius 2 is 2.26 bits per heavy atom. The van der Waals surface area contributed by atoms with Gasteiger partial charge in [-0.05, 0) is 18.2 Å². The largest absolute Gasteiger partial charge is 0.436 e. The van der Waals surface area contributed by atoms with Crippen LogP contribution in [-0.4, -0.2) is 9.38 Å². The first kappa shape index (κ1) is 13.2. The Labute approximate surface area is 131 Å². The number of rotatable bonds is 3. The second-order valence-electron chi connectivity index (χ2n) is 3.73. The molecule has 0 bridgehead atoms. The highest BCUT2D eigenvalue weighted by Crippen LogP contribution is 2.34. The van der Waals surface area contributed by atoms with Crippen LogP contribution in [0.5, 0.6) is 11.6 Å². The molecule has 0 aliphatic carbocycles. The summed E-state index contributed by atoms with van der Waals surface area (Å²) in [4.78, 5) is 5.25. The summed E-state index contributed by atoms with van der Waals surface area (Å²) in [6.07, 6.45) is 1.92. The van der Waals surface area contributed by atoms with Crippen molar-refractivity contribution < 1.29 is 4.74 Å². The van der Waals surface area contributed by atoms with Gasteiger partial charge in [0.25, 0.3) is 0 Å². The van der Waals surface area contributed by atoms with Gasteiger partial charge in [-0.1, -0.05) is 27.5 Å². The molecule has 0 amide bonds. The van der Waals surface area contributed by atoms with E-state index in [0.717, 1.165) is 15.1 Å². The smallest absolute Gasteiger partial charge is 0.243 e. The minimum Gasteiger partial charge on any atom is -0.436 e. The quantitative estimate of drug-likeness (QED) is 0.575. The maximum Gasteiger partial charge on any atom is 0.243 e. The summed E-state index contributed by atoms with van der Waals surface area (Å²) < 4.78 is 8.59. The van der Waals surface area contributed by atoms with E-state index in [1.165, 1.54) is 11.3 Å². The van der Waals surface area contributed by atoms with Crippen molar-refractivity contribution in [3.8, 4) is 11.6 Å². The lowest BCUT2D eigenvalue weighted by Crippen LogP contribution is -1.91. The minimum absolute atomic E-state index is 0.318. The lowest BCUT2D eigenvalue weighted by atomic mass is 10.3. The lowest BCUT2D eigenvalue weighted by Gasteiger charge is -2.06. The van der Waals surface area contributed by atoms with Crippen molar-refractivity contribution in [3.63, 3.8) is 0 Å². The Morgan fingerprint density at radius 1 is 1.42 bits per heavy atom. The molecule has 0 saturated carbocycles. The van der Waals surface area contributed by atoms with Crippen molar-refractivity contribution in [3.05, 3.63) is 45.0 Å². The number of thiazole rings is 1. The maximum absolute atomic E-state index is 6.10. The van der Waals surface area contributed by atoms with Crippen molar-refractivity contribution in [1.29, 1.82) is 0 Å². The predicted molar refractivity (Wildman–Crippen MR) is 81.9 cm³/mol. The van der Waals surface area contributed by atoms with Crippen molar-refractivity contribution in [2.75, 3.05) is 0 Å². The second kappa shape index (κ2) is 5.32. The molecule has 0 unspecified atom stereocenters. The molecule has 1 aromatic carbocycles. The number of halogens is 3. The van der Waals surface area contributed by atoms with Gasteiger partial charge in [0.2, 0.25) is 5.88 Å². The van der Waals surface area contributed by atoms with Gasteiger partial charge >= 0.3 is 0 Å². The second-order valence-corrected chi connectivity index (χ2v) is 6.19. The Balaban J connectivity index is 2.05. The maximum atomic E-state index is 6.10. The molecule has 0 radical (unpaired) electrons. The fourth-order valence-electron chi connectivity index (χ4n) is 1.68. The number of hydrogen-bond acceptors (Lipinski definition) is 3. The van der Waals surface area contributed by atoms with E-state index in [0.29, 0.717) is 22.5 Å². The number of hydrogen-bond donors (Lipinski definition) is 0. The molecular weight excluding hydrogens is 371 g/mol. The average molecular weight is 378 g/mol. The number of alkyl halides is 1. The summed E-state index contributed by atoms with van der Waals surface area (Å²) in [7, 11) is 0. The topological polar surface area (TPSA) is 26.5 Å². The third-order valence-corrected chi connectivity index (χ3v) is 4.37. The van der Waals surface area contributed by atoms with Gasteiger partial charge in [-0.3, -0.25) is 4.40 Å². The fraction of sp³-hybridized carbons (Fsp3) is 0.0833. The van der Waals surface area contributed by atoms with Gasteiger partial charge in [0.05, 0.1) is 10.9 Å². The number of nitrogens with zero attached hydrogens (tertiary/aromatic N) is 2. The standard InChI is InChI=1S/C12H7BrCl2N2OS/c13-7-1-2-8(15)10(5-7)18-11-9(6-14)17-3-4-19-12(17)16-11/h1-5H,6H2. The van der Waals surface area contributed by atoms with E-state index in [1.54, 1.807) is 12.1 Å². The molecule has 0 saturated heterocycles. The normalized spacial score (nSPS) is 11.1. The molecule has 7 heteroatoms. The van der Waals surface area contributed by atoms with Crippen LogP contribution >= 0.6 is 50.5 Å². The molecule has 0 N–H and O–H groups in total.